The number of hydrogen-bond donors (Lipinski definition) is 1. The number of esters is 2. The third kappa shape index (κ3) is 32.8. The van der Waals surface area contributed by atoms with Gasteiger partial charge in [0.05, 0.1) is 6.10 Å². The molecule has 0 saturated carbocycles. The predicted octanol–water partition coefficient (Wildman–Crippen LogP) is 13.9. The van der Waals surface area contributed by atoms with E-state index in [-0.39, 0.29) is 24.1 Å². The minimum absolute atomic E-state index is 0.0167. The molecule has 1 aliphatic heterocycles. The second kappa shape index (κ2) is 37.8. The van der Waals surface area contributed by atoms with Gasteiger partial charge in [0.1, 0.15) is 6.10 Å². The van der Waals surface area contributed by atoms with Crippen molar-refractivity contribution in [2.45, 2.75) is 277 Å². The van der Waals surface area contributed by atoms with E-state index in [1.54, 1.807) is 0 Å². The van der Waals surface area contributed by atoms with Crippen LogP contribution < -0.4 is 5.32 Å². The zero-order chi connectivity index (χ0) is 38.5. The SMILES string of the molecule is CCCCCCCCC(C)OC(=O)CCCCCCC(CCCCCCC(=O)OC(CCCCCCCC)CCCCCCCC)NC1CCOCC1. The quantitative estimate of drug-likeness (QED) is 0.0498. The maximum Gasteiger partial charge on any atom is 0.306 e. The number of hydrogen-bond acceptors (Lipinski definition) is 6. The van der Waals surface area contributed by atoms with E-state index in [4.69, 9.17) is 14.2 Å². The van der Waals surface area contributed by atoms with Crippen LogP contribution in [0.25, 0.3) is 0 Å². The standard InChI is InChI=1S/C47H91NO5/c1-5-8-11-14-17-24-31-42(4)52-46(49)36-29-22-20-25-32-43(48-44-38-40-51-41-39-44)33-26-21-23-30-37-47(50)53-45(34-27-18-15-12-9-6-2)35-28-19-16-13-10-7-3/h42-45,48H,5-41H2,1-4H3. The molecule has 0 radical (unpaired) electrons. The predicted molar refractivity (Wildman–Crippen MR) is 226 cm³/mol. The van der Waals surface area contributed by atoms with Crippen molar-refractivity contribution >= 4 is 11.9 Å². The lowest BCUT2D eigenvalue weighted by atomic mass is 9.98. The van der Waals surface area contributed by atoms with Gasteiger partial charge in [-0.1, -0.05) is 156 Å². The molecule has 6 heteroatoms. The van der Waals surface area contributed by atoms with Gasteiger partial charge in [-0.3, -0.25) is 9.59 Å². The number of ether oxygens (including phenoxy) is 3. The highest BCUT2D eigenvalue weighted by molar-refractivity contribution is 5.69. The van der Waals surface area contributed by atoms with Crippen LogP contribution in [-0.2, 0) is 23.8 Å². The molecular weight excluding hydrogens is 659 g/mol. The summed E-state index contributed by atoms with van der Waals surface area (Å²) in [6.45, 7) is 10.6. The van der Waals surface area contributed by atoms with E-state index in [9.17, 15) is 9.59 Å². The molecule has 1 saturated heterocycles. The fraction of sp³-hybridized carbons (Fsp3) is 0.957. The van der Waals surface area contributed by atoms with Crippen LogP contribution in [-0.4, -0.2) is 49.4 Å². The first kappa shape index (κ1) is 49.9. The Balaban J connectivity index is 2.29. The van der Waals surface area contributed by atoms with Gasteiger partial charge in [-0.25, -0.2) is 0 Å². The molecule has 1 N–H and O–H groups in total. The highest BCUT2D eigenvalue weighted by atomic mass is 16.5. The van der Waals surface area contributed by atoms with E-state index in [2.05, 4.69) is 33.0 Å². The zero-order valence-electron chi connectivity index (χ0n) is 36.0. The van der Waals surface area contributed by atoms with Crippen molar-refractivity contribution in [1.29, 1.82) is 0 Å². The monoisotopic (exact) mass is 750 g/mol. The largest absolute Gasteiger partial charge is 0.463 e. The number of carbonyl (C=O) groups excluding carboxylic acids is 2. The molecule has 1 rings (SSSR count). The van der Waals surface area contributed by atoms with E-state index < -0.39 is 0 Å². The lowest BCUT2D eigenvalue weighted by molar-refractivity contribution is -0.150. The van der Waals surface area contributed by atoms with Gasteiger partial charge >= 0.3 is 11.9 Å². The number of nitrogens with one attached hydrogen (secondary N) is 1. The maximum atomic E-state index is 12.8. The van der Waals surface area contributed by atoms with Crippen molar-refractivity contribution in [2.24, 2.45) is 0 Å². The van der Waals surface area contributed by atoms with Gasteiger partial charge in [-0.05, 0) is 84.0 Å². The van der Waals surface area contributed by atoms with Crippen molar-refractivity contribution < 1.29 is 23.8 Å². The van der Waals surface area contributed by atoms with Crippen molar-refractivity contribution in [3.63, 3.8) is 0 Å². The van der Waals surface area contributed by atoms with Crippen molar-refractivity contribution in [3.8, 4) is 0 Å². The van der Waals surface area contributed by atoms with Crippen LogP contribution in [0.2, 0.25) is 0 Å². The molecule has 0 amide bonds. The first-order valence-corrected chi connectivity index (χ1v) is 23.7. The average Bonchev–Trinajstić information content (AvgIpc) is 3.15. The minimum Gasteiger partial charge on any atom is -0.463 e. The molecular formula is C47H91NO5. The zero-order valence-corrected chi connectivity index (χ0v) is 36.0. The maximum absolute atomic E-state index is 12.8. The lowest BCUT2D eigenvalue weighted by Gasteiger charge is -2.29. The molecule has 0 spiro atoms. The Morgan fingerprint density at radius 1 is 0.509 bits per heavy atom. The normalized spacial score (nSPS) is 14.8. The lowest BCUT2D eigenvalue weighted by Crippen LogP contribution is -2.41. The number of rotatable bonds is 39. The van der Waals surface area contributed by atoms with Gasteiger partial charge < -0.3 is 19.5 Å². The Labute approximate surface area is 330 Å². The van der Waals surface area contributed by atoms with E-state index >= 15 is 0 Å². The molecule has 1 heterocycles. The van der Waals surface area contributed by atoms with E-state index in [0.717, 1.165) is 77.4 Å². The fourth-order valence-electron chi connectivity index (χ4n) is 7.90. The highest BCUT2D eigenvalue weighted by Gasteiger charge is 2.19. The Hall–Kier alpha value is -1.14. The molecule has 314 valence electrons. The molecule has 2 atom stereocenters. The van der Waals surface area contributed by atoms with Gasteiger partial charge in [0, 0.05) is 38.1 Å². The Kier molecular flexibility index (Phi) is 35.5. The summed E-state index contributed by atoms with van der Waals surface area (Å²) in [6.07, 6.45) is 40.9. The van der Waals surface area contributed by atoms with Crippen LogP contribution in [0.15, 0.2) is 0 Å². The third-order valence-corrected chi connectivity index (χ3v) is 11.4. The molecule has 0 aromatic heterocycles. The van der Waals surface area contributed by atoms with Gasteiger partial charge in [0.2, 0.25) is 0 Å². The average molecular weight is 750 g/mol. The van der Waals surface area contributed by atoms with Gasteiger partial charge in [-0.2, -0.15) is 0 Å². The Bertz CT molecular complexity index is 784. The molecule has 1 aliphatic rings. The molecule has 2 unspecified atom stereocenters. The van der Waals surface area contributed by atoms with E-state index in [1.165, 1.54) is 148 Å². The van der Waals surface area contributed by atoms with Crippen molar-refractivity contribution in [3.05, 3.63) is 0 Å². The van der Waals surface area contributed by atoms with Crippen LogP contribution >= 0.6 is 0 Å². The summed E-state index contributed by atoms with van der Waals surface area (Å²) in [4.78, 5) is 25.2. The third-order valence-electron chi connectivity index (χ3n) is 11.4. The van der Waals surface area contributed by atoms with E-state index in [1.807, 2.05) is 0 Å². The molecule has 53 heavy (non-hydrogen) atoms. The highest BCUT2D eigenvalue weighted by Crippen LogP contribution is 2.20. The minimum atomic E-state index is -0.0167. The summed E-state index contributed by atoms with van der Waals surface area (Å²) in [6, 6.07) is 1.11. The van der Waals surface area contributed by atoms with Crippen LogP contribution in [0.3, 0.4) is 0 Å². The molecule has 0 bridgehead atoms. The smallest absolute Gasteiger partial charge is 0.306 e. The second-order valence-corrected chi connectivity index (χ2v) is 16.7. The fourth-order valence-corrected chi connectivity index (χ4v) is 7.90. The van der Waals surface area contributed by atoms with Crippen LogP contribution in [0.5, 0.6) is 0 Å². The topological polar surface area (TPSA) is 73.9 Å². The molecule has 0 aromatic rings. The first-order valence-electron chi connectivity index (χ1n) is 23.7. The summed E-state index contributed by atoms with van der Waals surface area (Å²) >= 11 is 0. The van der Waals surface area contributed by atoms with Gasteiger partial charge in [0.25, 0.3) is 0 Å². The van der Waals surface area contributed by atoms with Crippen LogP contribution in [0.1, 0.15) is 252 Å². The number of unbranched alkanes of at least 4 members (excludes halogenated alkanes) is 21. The summed E-state index contributed by atoms with van der Waals surface area (Å²) in [5.74, 6) is 0.0129. The summed E-state index contributed by atoms with van der Waals surface area (Å²) in [5, 5.41) is 3.98. The number of carbonyl (C=O) groups is 2. The van der Waals surface area contributed by atoms with E-state index in [0.29, 0.717) is 24.9 Å². The summed E-state index contributed by atoms with van der Waals surface area (Å²) in [7, 11) is 0. The second-order valence-electron chi connectivity index (χ2n) is 16.7. The summed E-state index contributed by atoms with van der Waals surface area (Å²) in [5.41, 5.74) is 0. The molecule has 6 nitrogen and oxygen atoms in total. The Morgan fingerprint density at radius 2 is 0.887 bits per heavy atom. The van der Waals surface area contributed by atoms with Gasteiger partial charge in [-0.15, -0.1) is 0 Å². The molecule has 1 fully saturated rings. The molecule has 0 aliphatic carbocycles. The van der Waals surface area contributed by atoms with Crippen LogP contribution in [0, 0.1) is 0 Å². The Morgan fingerprint density at radius 3 is 1.36 bits per heavy atom. The van der Waals surface area contributed by atoms with Crippen LogP contribution in [0.4, 0.5) is 0 Å². The molecule has 0 aromatic carbocycles. The summed E-state index contributed by atoms with van der Waals surface area (Å²) < 4.78 is 17.4. The van der Waals surface area contributed by atoms with Crippen molar-refractivity contribution in [1.82, 2.24) is 5.32 Å². The van der Waals surface area contributed by atoms with Crippen molar-refractivity contribution in [2.75, 3.05) is 13.2 Å². The first-order chi connectivity index (χ1) is 26.0. The van der Waals surface area contributed by atoms with Gasteiger partial charge in [0.15, 0.2) is 0 Å².